The molecule has 2 aromatic carbocycles. The van der Waals surface area contributed by atoms with Crippen LogP contribution in [-0.2, 0) is 0 Å². The van der Waals surface area contributed by atoms with E-state index >= 15 is 4.39 Å². The number of carboxylic acid groups (broad SMARTS) is 1. The van der Waals surface area contributed by atoms with Crippen LogP contribution in [0.25, 0.3) is 32.9 Å². The fourth-order valence-electron chi connectivity index (χ4n) is 4.67. The van der Waals surface area contributed by atoms with Crippen LogP contribution in [0.4, 0.5) is 28.2 Å². The Morgan fingerprint density at radius 1 is 1.21 bits per heavy atom. The average molecular weight is 545 g/mol. The lowest BCUT2D eigenvalue weighted by molar-refractivity contribution is 0.119. The van der Waals surface area contributed by atoms with Gasteiger partial charge in [-0.05, 0) is 11.5 Å². The Balaban J connectivity index is 1.69. The number of benzene rings is 2. The van der Waals surface area contributed by atoms with E-state index < -0.39 is 41.5 Å². The van der Waals surface area contributed by atoms with Crippen molar-refractivity contribution in [2.75, 3.05) is 24.5 Å². The topological polar surface area (TPSA) is 106 Å². The summed E-state index contributed by atoms with van der Waals surface area (Å²) in [5, 5.41) is 19.1. The number of halogens is 5. The fourth-order valence-corrected chi connectivity index (χ4v) is 4.95. The summed E-state index contributed by atoms with van der Waals surface area (Å²) in [6.45, 7) is 0.00603. The van der Waals surface area contributed by atoms with E-state index in [1.807, 2.05) is 6.07 Å². The summed E-state index contributed by atoms with van der Waals surface area (Å²) in [4.78, 5) is 26.1. The first-order chi connectivity index (χ1) is 18.2. The number of hydrogen-bond donors (Lipinski definition) is 1. The van der Waals surface area contributed by atoms with Gasteiger partial charge in [0, 0.05) is 36.8 Å². The van der Waals surface area contributed by atoms with Crippen molar-refractivity contribution in [2.24, 2.45) is 0 Å². The Morgan fingerprint density at radius 2 is 2.00 bits per heavy atom. The predicted octanol–water partition coefficient (Wildman–Crippen LogP) is 5.80. The van der Waals surface area contributed by atoms with Gasteiger partial charge in [-0.25, -0.2) is 32.3 Å². The molecular weight excluding hydrogens is 528 g/mol. The van der Waals surface area contributed by atoms with Gasteiger partial charge >= 0.3 is 6.09 Å². The SMILES string of the molecule is N#CCC1CN(c2nc(C(F)F)nc3c(F)c(-c4cccc5ccc(F)c(Cl)c45)ncc23)CCN1C(=O)O. The first kappa shape index (κ1) is 25.4. The van der Waals surface area contributed by atoms with Gasteiger partial charge in [-0.1, -0.05) is 35.9 Å². The van der Waals surface area contributed by atoms with E-state index in [2.05, 4.69) is 15.0 Å². The normalized spacial score (nSPS) is 15.9. The van der Waals surface area contributed by atoms with Crippen LogP contribution >= 0.6 is 11.6 Å². The monoisotopic (exact) mass is 544 g/mol. The lowest BCUT2D eigenvalue weighted by Gasteiger charge is -2.39. The van der Waals surface area contributed by atoms with Gasteiger partial charge in [0.15, 0.2) is 11.6 Å². The summed E-state index contributed by atoms with van der Waals surface area (Å²) in [7, 11) is 0. The molecule has 0 spiro atoms. The van der Waals surface area contributed by atoms with Crippen molar-refractivity contribution in [2.45, 2.75) is 18.9 Å². The number of nitrogens with zero attached hydrogens (tertiary/aromatic N) is 6. The maximum Gasteiger partial charge on any atom is 0.407 e. The lowest BCUT2D eigenvalue weighted by atomic mass is 10.0. The van der Waals surface area contributed by atoms with Crippen molar-refractivity contribution in [3.63, 3.8) is 0 Å². The third-order valence-corrected chi connectivity index (χ3v) is 6.79. The highest BCUT2D eigenvalue weighted by molar-refractivity contribution is 6.36. The van der Waals surface area contributed by atoms with Gasteiger partial charge in [-0.2, -0.15) is 5.26 Å². The number of pyridine rings is 1. The molecule has 3 heterocycles. The van der Waals surface area contributed by atoms with Gasteiger partial charge in [0.2, 0.25) is 0 Å². The molecule has 0 bridgehead atoms. The van der Waals surface area contributed by atoms with Crippen LogP contribution in [0.3, 0.4) is 0 Å². The zero-order valence-electron chi connectivity index (χ0n) is 19.4. The highest BCUT2D eigenvalue weighted by Crippen LogP contribution is 2.38. The van der Waals surface area contributed by atoms with Crippen molar-refractivity contribution in [1.29, 1.82) is 5.26 Å². The maximum absolute atomic E-state index is 16.0. The van der Waals surface area contributed by atoms with Crippen molar-refractivity contribution >= 4 is 45.2 Å². The molecule has 8 nitrogen and oxygen atoms in total. The molecule has 1 atom stereocenters. The molecule has 5 rings (SSSR count). The third-order valence-electron chi connectivity index (χ3n) is 6.42. The number of hydrogen-bond acceptors (Lipinski definition) is 6. The number of carbonyl (C=O) groups is 1. The van der Waals surface area contributed by atoms with Crippen LogP contribution in [0.5, 0.6) is 0 Å². The van der Waals surface area contributed by atoms with Gasteiger partial charge < -0.3 is 14.9 Å². The lowest BCUT2D eigenvalue weighted by Crippen LogP contribution is -2.55. The van der Waals surface area contributed by atoms with E-state index in [1.165, 1.54) is 29.3 Å². The molecule has 1 N–H and O–H groups in total. The average Bonchev–Trinajstić information content (AvgIpc) is 2.90. The highest BCUT2D eigenvalue weighted by Gasteiger charge is 2.33. The van der Waals surface area contributed by atoms with Crippen molar-refractivity contribution < 1.29 is 27.5 Å². The van der Waals surface area contributed by atoms with E-state index in [0.717, 1.165) is 4.90 Å². The van der Waals surface area contributed by atoms with E-state index in [4.69, 9.17) is 16.9 Å². The molecule has 1 fully saturated rings. The number of aromatic nitrogens is 3. The first-order valence-corrected chi connectivity index (χ1v) is 11.7. The summed E-state index contributed by atoms with van der Waals surface area (Å²) < 4.78 is 57.8. The molecule has 1 aliphatic heterocycles. The quantitative estimate of drug-likeness (QED) is 0.324. The number of amides is 1. The summed E-state index contributed by atoms with van der Waals surface area (Å²) >= 11 is 6.19. The minimum atomic E-state index is -3.13. The van der Waals surface area contributed by atoms with Crippen LogP contribution in [-0.4, -0.2) is 56.7 Å². The Bertz CT molecular complexity index is 1630. The minimum absolute atomic E-state index is 0.0210. The van der Waals surface area contributed by atoms with Crippen LogP contribution in [0.1, 0.15) is 18.7 Å². The Hall–Kier alpha value is -4.24. The standard InChI is InChI=1S/C25H17ClF4N6O2/c26-18-16(27)5-4-12-2-1-3-14(17(12)18)20-19(28)21-15(10-32-20)24(34-23(33-21)22(29)30)35-8-9-36(25(37)38)13(11-35)6-7-31/h1-5,10,13,22H,6,8-9,11H2,(H,37,38). The second-order valence-electron chi connectivity index (χ2n) is 8.59. The number of fused-ring (bicyclic) bond motifs is 2. The first-order valence-electron chi connectivity index (χ1n) is 11.3. The van der Waals surface area contributed by atoms with Crippen LogP contribution in [0.15, 0.2) is 36.5 Å². The molecule has 2 aromatic heterocycles. The molecule has 0 saturated carbocycles. The third kappa shape index (κ3) is 4.28. The second kappa shape index (κ2) is 9.90. The summed E-state index contributed by atoms with van der Waals surface area (Å²) in [6, 6.07) is 8.57. The molecule has 1 aliphatic rings. The maximum atomic E-state index is 16.0. The van der Waals surface area contributed by atoms with Crippen LogP contribution < -0.4 is 4.90 Å². The van der Waals surface area contributed by atoms with E-state index in [0.29, 0.717) is 5.39 Å². The van der Waals surface area contributed by atoms with E-state index in [1.54, 1.807) is 12.1 Å². The molecule has 4 aromatic rings. The molecule has 13 heteroatoms. The van der Waals surface area contributed by atoms with E-state index in [9.17, 15) is 23.1 Å². The number of alkyl halides is 2. The molecule has 1 amide bonds. The number of nitriles is 1. The van der Waals surface area contributed by atoms with Gasteiger partial charge in [0.05, 0.1) is 28.9 Å². The van der Waals surface area contributed by atoms with Crippen molar-refractivity contribution in [1.82, 2.24) is 19.9 Å². The second-order valence-corrected chi connectivity index (χ2v) is 8.97. The van der Waals surface area contributed by atoms with Crippen molar-refractivity contribution in [3.05, 3.63) is 59.0 Å². The van der Waals surface area contributed by atoms with Crippen LogP contribution in [0, 0.1) is 23.0 Å². The summed E-state index contributed by atoms with van der Waals surface area (Å²) in [5.41, 5.74) is -0.551. The largest absolute Gasteiger partial charge is 0.465 e. The number of anilines is 1. The molecule has 1 saturated heterocycles. The smallest absolute Gasteiger partial charge is 0.407 e. The van der Waals surface area contributed by atoms with Gasteiger partial charge in [-0.3, -0.25) is 4.98 Å². The molecule has 0 radical (unpaired) electrons. The summed E-state index contributed by atoms with van der Waals surface area (Å²) in [5.74, 6) is -2.73. The molecule has 0 aliphatic carbocycles. The molecule has 38 heavy (non-hydrogen) atoms. The molecular formula is C25H17ClF4N6O2. The Labute approximate surface area is 217 Å². The van der Waals surface area contributed by atoms with Gasteiger partial charge in [0.1, 0.15) is 22.8 Å². The Kier molecular flexibility index (Phi) is 6.62. The summed E-state index contributed by atoms with van der Waals surface area (Å²) in [6.07, 6.45) is -3.26. The number of rotatable bonds is 4. The molecule has 194 valence electrons. The highest BCUT2D eigenvalue weighted by atomic mass is 35.5. The number of piperazine rings is 1. The Morgan fingerprint density at radius 3 is 2.71 bits per heavy atom. The van der Waals surface area contributed by atoms with Gasteiger partial charge in [-0.15, -0.1) is 0 Å². The van der Waals surface area contributed by atoms with Gasteiger partial charge in [0.25, 0.3) is 6.43 Å². The molecule has 1 unspecified atom stereocenters. The zero-order valence-corrected chi connectivity index (χ0v) is 20.1. The van der Waals surface area contributed by atoms with Crippen LogP contribution in [0.2, 0.25) is 5.02 Å². The zero-order chi connectivity index (χ0) is 27.1. The van der Waals surface area contributed by atoms with E-state index in [-0.39, 0.29) is 58.9 Å². The predicted molar refractivity (Wildman–Crippen MR) is 131 cm³/mol. The van der Waals surface area contributed by atoms with Crippen molar-refractivity contribution in [3.8, 4) is 17.3 Å². The minimum Gasteiger partial charge on any atom is -0.465 e. The fraction of sp³-hybridized carbons (Fsp3) is 0.240.